The van der Waals surface area contributed by atoms with Gasteiger partial charge in [-0.1, -0.05) is 45.0 Å². The number of ketones is 1. The first-order valence-corrected chi connectivity index (χ1v) is 5.91. The molecule has 90 valence electrons. The maximum atomic E-state index is 11.2. The Bertz CT molecular complexity index is 418. The molecule has 2 nitrogen and oxygen atoms in total. The van der Waals surface area contributed by atoms with Gasteiger partial charge in [0.15, 0.2) is 0 Å². The van der Waals surface area contributed by atoms with Crippen molar-refractivity contribution in [1.29, 1.82) is 5.26 Å². The van der Waals surface area contributed by atoms with E-state index in [1.165, 1.54) is 5.56 Å². The Morgan fingerprint density at radius 3 is 2.29 bits per heavy atom. The molecule has 0 aromatic heterocycles. The van der Waals surface area contributed by atoms with E-state index in [0.29, 0.717) is 6.42 Å². The largest absolute Gasteiger partial charge is 0.299 e. The summed E-state index contributed by atoms with van der Waals surface area (Å²) < 4.78 is 0. The summed E-state index contributed by atoms with van der Waals surface area (Å²) in [4.78, 5) is 11.2. The van der Waals surface area contributed by atoms with E-state index in [1.807, 2.05) is 6.07 Å². The van der Waals surface area contributed by atoms with E-state index in [9.17, 15) is 4.79 Å². The Labute approximate surface area is 103 Å². The number of aryl methyl sites for hydroxylation is 1. The minimum atomic E-state index is 0.0207. The third kappa shape index (κ3) is 4.40. The minimum Gasteiger partial charge on any atom is -0.299 e. The predicted molar refractivity (Wildman–Crippen MR) is 68.7 cm³/mol. The number of hydrogen-bond donors (Lipinski definition) is 0. The highest BCUT2D eigenvalue weighted by atomic mass is 16.1. The molecule has 0 bridgehead atoms. The van der Waals surface area contributed by atoms with Crippen LogP contribution in [0.2, 0.25) is 0 Å². The number of carbonyl (C=O) groups excluding carboxylic acids is 1. The van der Waals surface area contributed by atoms with E-state index >= 15 is 0 Å². The Balaban J connectivity index is 2.58. The molecule has 0 saturated heterocycles. The van der Waals surface area contributed by atoms with Crippen LogP contribution in [0.1, 0.15) is 44.7 Å². The van der Waals surface area contributed by atoms with Gasteiger partial charge in [-0.05, 0) is 23.0 Å². The second-order valence-electron chi connectivity index (χ2n) is 5.32. The lowest BCUT2D eigenvalue weighted by molar-refractivity contribution is -0.118. The lowest BCUT2D eigenvalue weighted by Crippen LogP contribution is -2.10. The lowest BCUT2D eigenvalue weighted by Gasteiger charge is -2.19. The molecule has 0 atom stereocenters. The zero-order chi connectivity index (χ0) is 12.9. The predicted octanol–water partition coefficient (Wildman–Crippen LogP) is 3.40. The zero-order valence-electron chi connectivity index (χ0n) is 10.8. The molecule has 0 spiro atoms. The summed E-state index contributed by atoms with van der Waals surface area (Å²) in [7, 11) is 0. The average Bonchev–Trinajstić information content (AvgIpc) is 2.26. The minimum absolute atomic E-state index is 0.0207. The van der Waals surface area contributed by atoms with Crippen LogP contribution in [0.3, 0.4) is 0 Å². The van der Waals surface area contributed by atoms with E-state index in [4.69, 9.17) is 5.26 Å². The molecule has 0 saturated carbocycles. The Kier molecular flexibility index (Phi) is 4.45. The number of benzene rings is 1. The first-order valence-electron chi connectivity index (χ1n) is 5.91. The molecular weight excluding hydrogens is 210 g/mol. The molecule has 17 heavy (non-hydrogen) atoms. The first-order chi connectivity index (χ1) is 7.93. The molecule has 0 fully saturated rings. The molecule has 0 radical (unpaired) electrons. The van der Waals surface area contributed by atoms with Gasteiger partial charge in [0.05, 0.1) is 12.5 Å². The highest BCUT2D eigenvalue weighted by molar-refractivity contribution is 5.80. The first kappa shape index (κ1) is 13.4. The fourth-order valence-corrected chi connectivity index (χ4v) is 1.63. The summed E-state index contributed by atoms with van der Waals surface area (Å²) in [6.45, 7) is 6.54. The average molecular weight is 229 g/mol. The summed E-state index contributed by atoms with van der Waals surface area (Å²) in [6.07, 6.45) is 1.22. The van der Waals surface area contributed by atoms with Gasteiger partial charge in [-0.15, -0.1) is 0 Å². The summed E-state index contributed by atoms with van der Waals surface area (Å²) in [5.41, 5.74) is 2.61. The van der Waals surface area contributed by atoms with Gasteiger partial charge in [0.2, 0.25) is 0 Å². The van der Waals surface area contributed by atoms with Gasteiger partial charge in [-0.2, -0.15) is 5.26 Å². The van der Waals surface area contributed by atoms with Crippen LogP contribution in [-0.2, 0) is 16.6 Å². The van der Waals surface area contributed by atoms with Crippen molar-refractivity contribution in [2.75, 3.05) is 0 Å². The third-order valence-corrected chi connectivity index (χ3v) is 2.79. The van der Waals surface area contributed by atoms with Crippen molar-refractivity contribution in [3.8, 4) is 6.07 Å². The number of carbonyl (C=O) groups is 1. The fraction of sp³-hybridized carbons (Fsp3) is 0.467. The maximum Gasteiger partial charge on any atom is 0.147 e. The van der Waals surface area contributed by atoms with Gasteiger partial charge in [0.25, 0.3) is 0 Å². The third-order valence-electron chi connectivity index (χ3n) is 2.79. The quantitative estimate of drug-likeness (QED) is 0.794. The number of rotatable bonds is 4. The van der Waals surface area contributed by atoms with E-state index < -0.39 is 0 Å². The molecule has 0 aliphatic carbocycles. The van der Waals surface area contributed by atoms with Crippen LogP contribution in [0.25, 0.3) is 0 Å². The SMILES string of the molecule is CC(C)(C)c1ccc(CCC(=O)CC#N)cc1. The van der Waals surface area contributed by atoms with Crippen molar-refractivity contribution >= 4 is 5.78 Å². The number of Topliss-reactive ketones (excluding diaryl/α,β-unsaturated/α-hetero) is 1. The van der Waals surface area contributed by atoms with Gasteiger partial charge in [0, 0.05) is 6.42 Å². The smallest absolute Gasteiger partial charge is 0.147 e. The second-order valence-corrected chi connectivity index (χ2v) is 5.32. The summed E-state index contributed by atoms with van der Waals surface area (Å²) >= 11 is 0. The molecule has 1 rings (SSSR count). The molecule has 1 aromatic carbocycles. The van der Waals surface area contributed by atoms with Gasteiger partial charge in [-0.3, -0.25) is 4.79 Å². The lowest BCUT2D eigenvalue weighted by atomic mass is 9.86. The fourth-order valence-electron chi connectivity index (χ4n) is 1.63. The van der Waals surface area contributed by atoms with Gasteiger partial charge < -0.3 is 0 Å². The topological polar surface area (TPSA) is 40.9 Å². The van der Waals surface area contributed by atoms with Crippen molar-refractivity contribution < 1.29 is 4.79 Å². The van der Waals surface area contributed by atoms with Crippen molar-refractivity contribution in [2.24, 2.45) is 0 Å². The highest BCUT2D eigenvalue weighted by Gasteiger charge is 2.12. The van der Waals surface area contributed by atoms with Crippen LogP contribution in [0.4, 0.5) is 0 Å². The Morgan fingerprint density at radius 2 is 1.82 bits per heavy atom. The van der Waals surface area contributed by atoms with Crippen LogP contribution < -0.4 is 0 Å². The highest BCUT2D eigenvalue weighted by Crippen LogP contribution is 2.22. The van der Waals surface area contributed by atoms with Gasteiger partial charge >= 0.3 is 0 Å². The molecule has 0 unspecified atom stereocenters. The summed E-state index contributed by atoms with van der Waals surface area (Å²) in [6, 6.07) is 10.3. The van der Waals surface area contributed by atoms with Crippen LogP contribution >= 0.6 is 0 Å². The van der Waals surface area contributed by atoms with Gasteiger partial charge in [-0.25, -0.2) is 0 Å². The Hall–Kier alpha value is -1.62. The second kappa shape index (κ2) is 5.63. The summed E-state index contributed by atoms with van der Waals surface area (Å²) in [5, 5.41) is 8.39. The van der Waals surface area contributed by atoms with Crippen LogP contribution in [-0.4, -0.2) is 5.78 Å². The van der Waals surface area contributed by atoms with E-state index in [1.54, 1.807) is 0 Å². The standard InChI is InChI=1S/C15H19NO/c1-15(2,3)13-7-4-12(5-8-13)6-9-14(17)10-11-16/h4-5,7-8H,6,9-10H2,1-3H3. The molecule has 0 N–H and O–H groups in total. The Morgan fingerprint density at radius 1 is 1.24 bits per heavy atom. The molecule has 1 aromatic rings. The molecule has 0 amide bonds. The van der Waals surface area contributed by atoms with E-state index in [2.05, 4.69) is 45.0 Å². The van der Waals surface area contributed by atoms with Crippen molar-refractivity contribution in [1.82, 2.24) is 0 Å². The number of nitriles is 1. The van der Waals surface area contributed by atoms with Gasteiger partial charge in [0.1, 0.15) is 5.78 Å². The molecule has 0 aliphatic heterocycles. The van der Waals surface area contributed by atoms with E-state index in [-0.39, 0.29) is 17.6 Å². The molecule has 2 heteroatoms. The normalized spacial score (nSPS) is 10.9. The molecular formula is C15H19NO. The zero-order valence-corrected chi connectivity index (χ0v) is 10.8. The molecule has 0 heterocycles. The van der Waals surface area contributed by atoms with Crippen LogP contribution in [0, 0.1) is 11.3 Å². The number of nitrogens with zero attached hydrogens (tertiary/aromatic N) is 1. The van der Waals surface area contributed by atoms with Crippen molar-refractivity contribution in [3.05, 3.63) is 35.4 Å². The molecule has 0 aliphatic rings. The van der Waals surface area contributed by atoms with E-state index in [0.717, 1.165) is 12.0 Å². The van der Waals surface area contributed by atoms with Crippen LogP contribution in [0.15, 0.2) is 24.3 Å². The summed E-state index contributed by atoms with van der Waals surface area (Å²) in [5.74, 6) is 0.0207. The van der Waals surface area contributed by atoms with Crippen molar-refractivity contribution in [3.63, 3.8) is 0 Å². The van der Waals surface area contributed by atoms with Crippen LogP contribution in [0.5, 0.6) is 0 Å². The monoisotopic (exact) mass is 229 g/mol. The maximum absolute atomic E-state index is 11.2. The van der Waals surface area contributed by atoms with Crippen molar-refractivity contribution in [2.45, 2.75) is 45.4 Å². The number of hydrogen-bond acceptors (Lipinski definition) is 2.